The van der Waals surface area contributed by atoms with Crippen LogP contribution in [-0.2, 0) is 11.3 Å². The van der Waals surface area contributed by atoms with Gasteiger partial charge in [-0.3, -0.25) is 14.5 Å². The number of hydrogen-bond acceptors (Lipinski definition) is 6. The number of benzene rings is 1. The highest BCUT2D eigenvalue weighted by Crippen LogP contribution is 2.38. The molecule has 34 heavy (non-hydrogen) atoms. The molecule has 0 unspecified atom stereocenters. The Hall–Kier alpha value is -3.81. The third-order valence-electron chi connectivity index (χ3n) is 5.99. The van der Waals surface area contributed by atoms with Crippen molar-refractivity contribution in [1.29, 1.82) is 0 Å². The zero-order chi connectivity index (χ0) is 23.9. The summed E-state index contributed by atoms with van der Waals surface area (Å²) in [6.45, 7) is 0.343. The van der Waals surface area contributed by atoms with Crippen molar-refractivity contribution in [3.05, 3.63) is 60.1 Å². The summed E-state index contributed by atoms with van der Waals surface area (Å²) in [6, 6.07) is 10.0. The molecular weight excluding hydrogens is 432 g/mol. The van der Waals surface area contributed by atoms with Crippen LogP contribution in [0, 0.1) is 0 Å². The molecule has 0 aliphatic heterocycles. The van der Waals surface area contributed by atoms with Gasteiger partial charge >= 0.3 is 0 Å². The summed E-state index contributed by atoms with van der Waals surface area (Å²) in [6.07, 6.45) is 11.5. The van der Waals surface area contributed by atoms with Gasteiger partial charge in [-0.15, -0.1) is 0 Å². The van der Waals surface area contributed by atoms with Gasteiger partial charge in [-0.25, -0.2) is 0 Å². The molecule has 3 aromatic rings. The molecule has 1 aromatic carbocycles. The molecule has 0 saturated heterocycles. The molecule has 1 aliphatic carbocycles. The van der Waals surface area contributed by atoms with E-state index in [9.17, 15) is 4.79 Å². The zero-order valence-corrected chi connectivity index (χ0v) is 19.8. The van der Waals surface area contributed by atoms with Crippen LogP contribution in [0.5, 0.6) is 17.2 Å². The number of rotatable bonds is 9. The van der Waals surface area contributed by atoms with Gasteiger partial charge in [0.1, 0.15) is 0 Å². The van der Waals surface area contributed by atoms with Gasteiger partial charge in [0.15, 0.2) is 11.5 Å². The van der Waals surface area contributed by atoms with Crippen molar-refractivity contribution in [3.8, 4) is 28.5 Å². The van der Waals surface area contributed by atoms with Crippen molar-refractivity contribution in [2.45, 2.75) is 38.3 Å². The molecule has 0 bridgehead atoms. The summed E-state index contributed by atoms with van der Waals surface area (Å²) in [5, 5.41) is 7.76. The van der Waals surface area contributed by atoms with Gasteiger partial charge in [-0.05, 0) is 54.8 Å². The lowest BCUT2D eigenvalue weighted by atomic mass is 10.1. The Balaban J connectivity index is 1.46. The fraction of sp³-hybridized carbons (Fsp3) is 0.346. The number of amides is 1. The largest absolute Gasteiger partial charge is 0.493 e. The number of carbonyl (C=O) groups excluding carboxylic acids is 1. The van der Waals surface area contributed by atoms with Crippen LogP contribution in [0.3, 0.4) is 0 Å². The van der Waals surface area contributed by atoms with E-state index in [-0.39, 0.29) is 5.91 Å². The number of aromatic nitrogens is 3. The number of ether oxygens (including phenoxy) is 3. The minimum Gasteiger partial charge on any atom is -0.493 e. The molecule has 1 aliphatic rings. The average Bonchev–Trinajstić information content (AvgIpc) is 3.56. The van der Waals surface area contributed by atoms with E-state index in [0.717, 1.165) is 35.4 Å². The lowest BCUT2D eigenvalue weighted by molar-refractivity contribution is -0.116. The first-order valence-electron chi connectivity index (χ1n) is 11.4. The number of pyridine rings is 1. The summed E-state index contributed by atoms with van der Waals surface area (Å²) in [7, 11) is 4.67. The maximum absolute atomic E-state index is 12.5. The molecule has 8 nitrogen and oxygen atoms in total. The molecule has 2 aromatic heterocycles. The Labute approximate surface area is 199 Å². The highest BCUT2D eigenvalue weighted by molar-refractivity contribution is 5.91. The van der Waals surface area contributed by atoms with Gasteiger partial charge in [-0.1, -0.05) is 12.8 Å². The zero-order valence-electron chi connectivity index (χ0n) is 19.8. The lowest BCUT2D eigenvalue weighted by Crippen LogP contribution is -2.20. The van der Waals surface area contributed by atoms with Gasteiger partial charge < -0.3 is 19.5 Å². The highest BCUT2D eigenvalue weighted by Gasteiger charge is 2.22. The standard InChI is InChI=1S/C26H30N4O4/c1-32-23-14-18(15-24(33-2)26(23)34-3)8-9-25(31)28-17-20-16-22(19-10-12-27-13-11-19)30(29-20)21-6-4-5-7-21/h8-16,21H,4-7,17H2,1-3H3,(H,28,31). The Morgan fingerprint density at radius 1 is 1.06 bits per heavy atom. The second-order valence-electron chi connectivity index (χ2n) is 8.15. The van der Waals surface area contributed by atoms with Crippen molar-refractivity contribution in [2.24, 2.45) is 0 Å². The predicted octanol–water partition coefficient (Wildman–Crippen LogP) is 4.42. The van der Waals surface area contributed by atoms with E-state index >= 15 is 0 Å². The molecule has 2 heterocycles. The number of nitrogens with zero attached hydrogens (tertiary/aromatic N) is 3. The Morgan fingerprint density at radius 2 is 1.74 bits per heavy atom. The molecular formula is C26H30N4O4. The molecule has 178 valence electrons. The van der Waals surface area contributed by atoms with Crippen molar-refractivity contribution >= 4 is 12.0 Å². The molecule has 4 rings (SSSR count). The van der Waals surface area contributed by atoms with Gasteiger partial charge in [0.2, 0.25) is 11.7 Å². The van der Waals surface area contributed by atoms with Crippen LogP contribution in [0.4, 0.5) is 0 Å². The minimum absolute atomic E-state index is 0.213. The first-order valence-corrected chi connectivity index (χ1v) is 11.4. The van der Waals surface area contributed by atoms with Crippen LogP contribution in [0.1, 0.15) is 43.0 Å². The fourth-order valence-electron chi connectivity index (χ4n) is 4.30. The van der Waals surface area contributed by atoms with Gasteiger partial charge in [-0.2, -0.15) is 5.10 Å². The van der Waals surface area contributed by atoms with E-state index in [2.05, 4.69) is 21.0 Å². The quantitative estimate of drug-likeness (QED) is 0.474. The van der Waals surface area contributed by atoms with Crippen molar-refractivity contribution in [1.82, 2.24) is 20.1 Å². The summed E-state index contributed by atoms with van der Waals surface area (Å²) in [5.41, 5.74) is 3.73. The molecule has 1 saturated carbocycles. The van der Waals surface area contributed by atoms with Gasteiger partial charge in [0, 0.05) is 24.0 Å². The third kappa shape index (κ3) is 5.22. The smallest absolute Gasteiger partial charge is 0.244 e. The first-order chi connectivity index (χ1) is 16.6. The highest BCUT2D eigenvalue weighted by atomic mass is 16.5. The number of hydrogen-bond donors (Lipinski definition) is 1. The van der Waals surface area contributed by atoms with E-state index in [0.29, 0.717) is 29.8 Å². The summed E-state index contributed by atoms with van der Waals surface area (Å²) in [5.74, 6) is 1.36. The Kier molecular flexibility index (Phi) is 7.47. The van der Waals surface area contributed by atoms with E-state index in [4.69, 9.17) is 19.3 Å². The van der Waals surface area contributed by atoms with E-state index in [1.54, 1.807) is 51.9 Å². The molecule has 0 atom stereocenters. The van der Waals surface area contributed by atoms with Gasteiger partial charge in [0.25, 0.3) is 0 Å². The SMILES string of the molecule is COc1cc(C=CC(=O)NCc2cc(-c3ccncc3)n(C3CCCC3)n2)cc(OC)c1OC. The van der Waals surface area contributed by atoms with Crippen LogP contribution >= 0.6 is 0 Å². The molecule has 1 amide bonds. The second kappa shape index (κ2) is 10.9. The summed E-state index contributed by atoms with van der Waals surface area (Å²) in [4.78, 5) is 16.6. The Bertz CT molecular complexity index is 1130. The van der Waals surface area contributed by atoms with Crippen LogP contribution in [0.2, 0.25) is 0 Å². The van der Waals surface area contributed by atoms with Crippen LogP contribution in [0.15, 0.2) is 48.8 Å². The van der Waals surface area contributed by atoms with E-state index < -0.39 is 0 Å². The summed E-state index contributed by atoms with van der Waals surface area (Å²) < 4.78 is 18.2. The topological polar surface area (TPSA) is 87.5 Å². The molecule has 8 heteroatoms. The van der Waals surface area contributed by atoms with E-state index in [1.165, 1.54) is 18.9 Å². The predicted molar refractivity (Wildman–Crippen MR) is 130 cm³/mol. The van der Waals surface area contributed by atoms with Crippen molar-refractivity contribution < 1.29 is 19.0 Å². The van der Waals surface area contributed by atoms with Gasteiger partial charge in [0.05, 0.1) is 45.3 Å². The molecule has 0 radical (unpaired) electrons. The van der Waals surface area contributed by atoms with Crippen molar-refractivity contribution in [2.75, 3.05) is 21.3 Å². The monoisotopic (exact) mass is 462 g/mol. The average molecular weight is 463 g/mol. The normalized spacial score (nSPS) is 13.9. The van der Waals surface area contributed by atoms with E-state index in [1.807, 2.05) is 12.1 Å². The lowest BCUT2D eigenvalue weighted by Gasteiger charge is -2.14. The molecule has 0 spiro atoms. The van der Waals surface area contributed by atoms with Crippen LogP contribution in [-0.4, -0.2) is 42.0 Å². The fourth-order valence-corrected chi connectivity index (χ4v) is 4.30. The minimum atomic E-state index is -0.213. The van der Waals surface area contributed by atoms with Crippen LogP contribution in [0.25, 0.3) is 17.3 Å². The molecule has 1 N–H and O–H groups in total. The maximum Gasteiger partial charge on any atom is 0.244 e. The van der Waals surface area contributed by atoms with Crippen molar-refractivity contribution in [3.63, 3.8) is 0 Å². The number of nitrogens with one attached hydrogen (secondary N) is 1. The Morgan fingerprint density at radius 3 is 2.35 bits per heavy atom. The second-order valence-corrected chi connectivity index (χ2v) is 8.15. The third-order valence-corrected chi connectivity index (χ3v) is 5.99. The van der Waals surface area contributed by atoms with Crippen LogP contribution < -0.4 is 19.5 Å². The molecule has 1 fully saturated rings. The maximum atomic E-state index is 12.5. The first kappa shape index (κ1) is 23.4. The number of carbonyl (C=O) groups is 1. The number of methoxy groups -OCH3 is 3. The summed E-state index contributed by atoms with van der Waals surface area (Å²) >= 11 is 0.